The third kappa shape index (κ3) is 2.82. The molecule has 0 unspecified atom stereocenters. The van der Waals surface area contributed by atoms with Gasteiger partial charge < -0.3 is 19.7 Å². The molecule has 118 valence electrons. The molecular formula is C14H22N2O5. The third-order valence-corrected chi connectivity index (χ3v) is 3.85. The molecule has 0 aromatic heterocycles. The molecule has 7 heteroatoms. The number of hydrogen-bond donors (Lipinski definition) is 1. The first-order valence-electron chi connectivity index (χ1n) is 7.09. The van der Waals surface area contributed by atoms with Crippen LogP contribution in [0.5, 0.6) is 0 Å². The van der Waals surface area contributed by atoms with Gasteiger partial charge in [-0.25, -0.2) is 9.59 Å². The van der Waals surface area contributed by atoms with Gasteiger partial charge in [-0.3, -0.25) is 4.79 Å². The molecule has 0 aliphatic carbocycles. The van der Waals surface area contributed by atoms with Crippen molar-refractivity contribution < 1.29 is 23.9 Å². The van der Waals surface area contributed by atoms with Crippen molar-refractivity contribution in [2.75, 3.05) is 13.7 Å². The van der Waals surface area contributed by atoms with Crippen LogP contribution < -0.4 is 5.32 Å². The number of carbonyl (C=O) groups is 3. The Hall–Kier alpha value is -1.79. The highest BCUT2D eigenvalue weighted by molar-refractivity contribution is 5.96. The molecule has 1 N–H and O–H groups in total. The van der Waals surface area contributed by atoms with Crippen molar-refractivity contribution in [3.05, 3.63) is 0 Å². The average Bonchev–Trinajstić information content (AvgIpc) is 2.87. The molecule has 2 heterocycles. The first-order valence-corrected chi connectivity index (χ1v) is 7.09. The zero-order valence-electron chi connectivity index (χ0n) is 12.9. The second-order valence-corrected chi connectivity index (χ2v) is 6.52. The monoisotopic (exact) mass is 298 g/mol. The Kier molecular flexibility index (Phi) is 3.86. The van der Waals surface area contributed by atoms with Crippen molar-refractivity contribution in [3.63, 3.8) is 0 Å². The number of hydrogen-bond acceptors (Lipinski definition) is 5. The molecule has 2 aliphatic heterocycles. The summed E-state index contributed by atoms with van der Waals surface area (Å²) in [6, 6.07) is -0.737. The van der Waals surface area contributed by atoms with E-state index in [1.54, 1.807) is 20.8 Å². The van der Waals surface area contributed by atoms with Gasteiger partial charge in [0, 0.05) is 13.0 Å². The lowest BCUT2D eigenvalue weighted by Gasteiger charge is -2.28. The first kappa shape index (κ1) is 15.6. The highest BCUT2D eigenvalue weighted by Gasteiger charge is 2.59. The van der Waals surface area contributed by atoms with Crippen molar-refractivity contribution in [2.45, 2.75) is 57.2 Å². The Morgan fingerprint density at radius 3 is 2.62 bits per heavy atom. The van der Waals surface area contributed by atoms with Crippen molar-refractivity contribution in [1.82, 2.24) is 10.2 Å². The Morgan fingerprint density at radius 1 is 1.38 bits per heavy atom. The normalized spacial score (nSPS) is 28.3. The smallest absolute Gasteiger partial charge is 0.408 e. The van der Waals surface area contributed by atoms with Crippen molar-refractivity contribution >= 4 is 18.0 Å². The summed E-state index contributed by atoms with van der Waals surface area (Å²) < 4.78 is 10.00. The van der Waals surface area contributed by atoms with Gasteiger partial charge in [-0.15, -0.1) is 0 Å². The number of fused-ring (bicyclic) bond motifs is 1. The SMILES string of the molecule is COC(=O)[C@@]12CCCN1C(=O)[C@@H](NC(=O)OC(C)(C)C)C2. The first-order chi connectivity index (χ1) is 9.69. The molecule has 0 spiro atoms. The number of ether oxygens (including phenoxy) is 2. The van der Waals surface area contributed by atoms with Crippen LogP contribution in [-0.2, 0) is 19.1 Å². The number of alkyl carbamates (subject to hydrolysis) is 1. The van der Waals surface area contributed by atoms with E-state index < -0.39 is 29.2 Å². The molecule has 0 saturated carbocycles. The molecule has 0 aromatic rings. The van der Waals surface area contributed by atoms with Crippen LogP contribution in [0.2, 0.25) is 0 Å². The molecule has 0 aromatic carbocycles. The Labute approximate surface area is 123 Å². The molecule has 21 heavy (non-hydrogen) atoms. The summed E-state index contributed by atoms with van der Waals surface area (Å²) in [6.07, 6.45) is 0.914. The predicted octanol–water partition coefficient (Wildman–Crippen LogP) is 0.818. The molecule has 7 nitrogen and oxygen atoms in total. The van der Waals surface area contributed by atoms with E-state index in [2.05, 4.69) is 5.32 Å². The van der Waals surface area contributed by atoms with Gasteiger partial charge in [0.15, 0.2) is 0 Å². The second-order valence-electron chi connectivity index (χ2n) is 6.52. The van der Waals surface area contributed by atoms with Crippen molar-refractivity contribution in [1.29, 1.82) is 0 Å². The summed E-state index contributed by atoms with van der Waals surface area (Å²) in [5.74, 6) is -0.661. The summed E-state index contributed by atoms with van der Waals surface area (Å²) in [6.45, 7) is 5.76. The van der Waals surface area contributed by atoms with Crippen molar-refractivity contribution in [3.8, 4) is 0 Å². The molecule has 2 amide bonds. The third-order valence-electron chi connectivity index (χ3n) is 3.85. The maximum absolute atomic E-state index is 12.4. The number of rotatable bonds is 2. The van der Waals surface area contributed by atoms with Crippen LogP contribution in [0.15, 0.2) is 0 Å². The highest BCUT2D eigenvalue weighted by atomic mass is 16.6. The van der Waals surface area contributed by atoms with Crippen LogP contribution in [-0.4, -0.2) is 53.7 Å². The molecule has 2 atom stereocenters. The zero-order chi connectivity index (χ0) is 15.8. The van der Waals surface area contributed by atoms with E-state index in [1.165, 1.54) is 12.0 Å². The molecule has 2 aliphatic rings. The molecule has 0 radical (unpaired) electrons. The van der Waals surface area contributed by atoms with E-state index in [0.29, 0.717) is 13.0 Å². The summed E-state index contributed by atoms with van der Waals surface area (Å²) in [7, 11) is 1.31. The van der Waals surface area contributed by atoms with E-state index >= 15 is 0 Å². The minimum absolute atomic E-state index is 0.234. The van der Waals surface area contributed by atoms with Crippen LogP contribution in [0.3, 0.4) is 0 Å². The fourth-order valence-corrected chi connectivity index (χ4v) is 3.07. The van der Waals surface area contributed by atoms with Crippen molar-refractivity contribution in [2.24, 2.45) is 0 Å². The number of nitrogens with one attached hydrogen (secondary N) is 1. The number of nitrogens with zero attached hydrogens (tertiary/aromatic N) is 1. The number of amides is 2. The topological polar surface area (TPSA) is 84.9 Å². The van der Waals surface area contributed by atoms with Gasteiger partial charge in [-0.2, -0.15) is 0 Å². The largest absolute Gasteiger partial charge is 0.467 e. The van der Waals surface area contributed by atoms with E-state index in [-0.39, 0.29) is 12.3 Å². The van der Waals surface area contributed by atoms with Gasteiger partial charge in [-0.05, 0) is 33.6 Å². The van der Waals surface area contributed by atoms with Crippen LogP contribution in [0.25, 0.3) is 0 Å². The Morgan fingerprint density at radius 2 is 2.05 bits per heavy atom. The summed E-state index contributed by atoms with van der Waals surface area (Å²) in [5, 5.41) is 2.56. The van der Waals surface area contributed by atoms with Gasteiger partial charge in [0.1, 0.15) is 17.2 Å². The highest BCUT2D eigenvalue weighted by Crippen LogP contribution is 2.40. The van der Waals surface area contributed by atoms with Gasteiger partial charge in [0.05, 0.1) is 7.11 Å². The summed E-state index contributed by atoms with van der Waals surface area (Å²) >= 11 is 0. The maximum Gasteiger partial charge on any atom is 0.408 e. The van der Waals surface area contributed by atoms with E-state index in [1.807, 2.05) is 0 Å². The van der Waals surface area contributed by atoms with Crippen LogP contribution >= 0.6 is 0 Å². The number of methoxy groups -OCH3 is 1. The molecule has 2 saturated heterocycles. The fraction of sp³-hybridized carbons (Fsp3) is 0.786. The molecule has 2 fully saturated rings. The van der Waals surface area contributed by atoms with Gasteiger partial charge in [0.25, 0.3) is 0 Å². The van der Waals surface area contributed by atoms with Crippen LogP contribution in [0.1, 0.15) is 40.0 Å². The van der Waals surface area contributed by atoms with E-state index in [4.69, 9.17) is 9.47 Å². The second kappa shape index (κ2) is 5.20. The lowest BCUT2D eigenvalue weighted by molar-refractivity contribution is -0.155. The lowest BCUT2D eigenvalue weighted by atomic mass is 9.93. The van der Waals surface area contributed by atoms with Crippen LogP contribution in [0, 0.1) is 0 Å². The average molecular weight is 298 g/mol. The van der Waals surface area contributed by atoms with Gasteiger partial charge in [0.2, 0.25) is 5.91 Å². The zero-order valence-corrected chi connectivity index (χ0v) is 12.9. The predicted molar refractivity (Wildman–Crippen MR) is 73.5 cm³/mol. The van der Waals surface area contributed by atoms with Gasteiger partial charge >= 0.3 is 12.1 Å². The standard InChI is InChI=1S/C14H22N2O5/c1-13(2,3)21-12(19)15-9-8-14(11(18)20-4)6-5-7-16(14)10(9)17/h9H,5-8H2,1-4H3,(H,15,19)/t9-,14-/m0/s1. The minimum atomic E-state index is -0.925. The quantitative estimate of drug-likeness (QED) is 0.763. The molecule has 0 bridgehead atoms. The number of carbonyl (C=O) groups excluding carboxylic acids is 3. The number of esters is 1. The van der Waals surface area contributed by atoms with Crippen LogP contribution in [0.4, 0.5) is 4.79 Å². The van der Waals surface area contributed by atoms with E-state index in [9.17, 15) is 14.4 Å². The summed E-state index contributed by atoms with van der Waals surface area (Å²) in [5.41, 5.74) is -1.56. The molecule has 2 rings (SSSR count). The Balaban J connectivity index is 2.09. The van der Waals surface area contributed by atoms with E-state index in [0.717, 1.165) is 6.42 Å². The maximum atomic E-state index is 12.4. The molecular weight excluding hydrogens is 276 g/mol. The van der Waals surface area contributed by atoms with Gasteiger partial charge in [-0.1, -0.05) is 0 Å². The minimum Gasteiger partial charge on any atom is -0.467 e. The Bertz CT molecular complexity index is 470. The fourth-order valence-electron chi connectivity index (χ4n) is 3.07. The summed E-state index contributed by atoms with van der Waals surface area (Å²) in [4.78, 5) is 37.8. The lowest BCUT2D eigenvalue weighted by Crippen LogP contribution is -2.47.